The maximum Gasteiger partial charge on any atom is 0.339 e. The molecule has 0 aliphatic rings. The minimum Gasteiger partial charge on any atom is -0.507 e. The molecule has 0 saturated carbocycles. The lowest BCUT2D eigenvalue weighted by Gasteiger charge is -2.32. The summed E-state index contributed by atoms with van der Waals surface area (Å²) in [5.74, 6) is 0.0425. The summed E-state index contributed by atoms with van der Waals surface area (Å²) in [4.78, 5) is 14.8. The highest BCUT2D eigenvalue weighted by Gasteiger charge is 2.33. The van der Waals surface area contributed by atoms with Crippen LogP contribution in [0.1, 0.15) is 119 Å². The largest absolute Gasteiger partial charge is 0.507 e. The van der Waals surface area contributed by atoms with Gasteiger partial charge >= 0.3 is 5.97 Å². The summed E-state index contributed by atoms with van der Waals surface area (Å²) < 4.78 is 33.2. The Labute approximate surface area is 269 Å². The van der Waals surface area contributed by atoms with Crippen molar-refractivity contribution in [3.8, 4) is 11.5 Å². The minimum atomic E-state index is -3.79. The zero-order chi connectivity index (χ0) is 33.6. The molecule has 0 unspecified atom stereocenters. The molecular weight excluding hydrogens is 601 g/mol. The van der Waals surface area contributed by atoms with Crippen molar-refractivity contribution in [1.29, 1.82) is 0 Å². The lowest BCUT2D eigenvalue weighted by Crippen LogP contribution is -2.25. The molecule has 0 aliphatic heterocycles. The average Bonchev–Trinajstić information content (AvgIpc) is 2.75. The molecular formula is C34H52O6S3. The highest BCUT2D eigenvalue weighted by Crippen LogP contribution is 2.51. The van der Waals surface area contributed by atoms with Crippen LogP contribution in [0.4, 0.5) is 0 Å². The first-order chi connectivity index (χ1) is 19.0. The summed E-state index contributed by atoms with van der Waals surface area (Å²) in [6.07, 6.45) is 0.902. The Balaban J connectivity index is 2.61. The molecule has 242 valence electrons. The van der Waals surface area contributed by atoms with Gasteiger partial charge in [-0.2, -0.15) is 8.42 Å². The number of esters is 1. The second kappa shape index (κ2) is 12.6. The van der Waals surface area contributed by atoms with Crippen molar-refractivity contribution in [3.05, 3.63) is 46.5 Å². The molecule has 0 aromatic heterocycles. The van der Waals surface area contributed by atoms with Crippen molar-refractivity contribution in [3.63, 3.8) is 0 Å². The molecule has 0 atom stereocenters. The minimum absolute atomic E-state index is 0.221. The first-order valence-corrected chi connectivity index (χ1v) is 18.0. The third-order valence-electron chi connectivity index (χ3n) is 6.71. The number of hydrogen-bond donors (Lipinski definition) is 1. The van der Waals surface area contributed by atoms with Crippen LogP contribution in [-0.4, -0.2) is 36.4 Å². The molecule has 2 aromatic carbocycles. The number of ether oxygens (including phenoxy) is 1. The molecule has 0 bridgehead atoms. The van der Waals surface area contributed by atoms with Crippen molar-refractivity contribution in [2.75, 3.05) is 12.9 Å². The van der Waals surface area contributed by atoms with E-state index in [1.54, 1.807) is 23.5 Å². The SMILES string of the molecule is CC(C)(Sc1cc(C(C)(C)C)c(O)c(C(C)(C)C)c1)Sc1cc(C(C)(C)C)c(OC(=O)COS(C)(=O)=O)c(C(C)(C)C)c1. The van der Waals surface area contributed by atoms with Crippen molar-refractivity contribution >= 4 is 39.6 Å². The lowest BCUT2D eigenvalue weighted by atomic mass is 9.79. The molecule has 43 heavy (non-hydrogen) atoms. The van der Waals surface area contributed by atoms with E-state index in [4.69, 9.17) is 8.92 Å². The third kappa shape index (κ3) is 10.7. The molecule has 2 aromatic rings. The van der Waals surface area contributed by atoms with Gasteiger partial charge in [-0.15, -0.1) is 23.5 Å². The number of rotatable bonds is 8. The highest BCUT2D eigenvalue weighted by molar-refractivity contribution is 8.18. The summed E-state index contributed by atoms with van der Waals surface area (Å²) in [5, 5.41) is 11.2. The van der Waals surface area contributed by atoms with Crippen LogP contribution in [0.15, 0.2) is 34.1 Å². The number of carbonyl (C=O) groups excluding carboxylic acids is 1. The Morgan fingerprint density at radius 2 is 1.00 bits per heavy atom. The van der Waals surface area contributed by atoms with Crippen LogP contribution in [0, 0.1) is 0 Å². The number of phenols is 1. The highest BCUT2D eigenvalue weighted by atomic mass is 32.2. The third-order valence-corrected chi connectivity index (χ3v) is 9.68. The van der Waals surface area contributed by atoms with Gasteiger partial charge in [-0.3, -0.25) is 4.18 Å². The maximum absolute atomic E-state index is 12.7. The number of hydrogen-bond acceptors (Lipinski definition) is 8. The van der Waals surface area contributed by atoms with Gasteiger partial charge in [0, 0.05) is 32.0 Å². The quantitative estimate of drug-likeness (QED) is 0.0993. The molecule has 0 heterocycles. The first kappa shape index (κ1) is 37.5. The van der Waals surface area contributed by atoms with Crippen LogP contribution >= 0.6 is 23.5 Å². The number of phenolic OH excluding ortho intramolecular Hbond substituents is 1. The van der Waals surface area contributed by atoms with Crippen LogP contribution in [0.5, 0.6) is 11.5 Å². The standard InChI is InChI=1S/C34H52O6S3/c1-30(2,3)23-16-21(17-24(28(23)36)31(4,5)6)41-34(13,14)42-22-18-25(32(7,8)9)29(26(19-22)33(10,11)12)40-27(35)20-39-43(15,37)38/h16-19,36H,20H2,1-15H3. The van der Waals surface area contributed by atoms with E-state index in [1.165, 1.54) is 0 Å². The van der Waals surface area contributed by atoms with Crippen LogP contribution in [-0.2, 0) is 40.8 Å². The van der Waals surface area contributed by atoms with Gasteiger partial charge in [0.05, 0.1) is 10.3 Å². The molecule has 6 nitrogen and oxygen atoms in total. The Morgan fingerprint density at radius 1 is 0.674 bits per heavy atom. The van der Waals surface area contributed by atoms with E-state index in [2.05, 4.69) is 121 Å². The second-order valence-electron chi connectivity index (χ2n) is 15.8. The molecule has 0 fully saturated rings. The van der Waals surface area contributed by atoms with Gasteiger partial charge in [-0.25, -0.2) is 4.79 Å². The van der Waals surface area contributed by atoms with E-state index in [0.29, 0.717) is 11.5 Å². The number of carbonyl (C=O) groups is 1. The van der Waals surface area contributed by atoms with Crippen molar-refractivity contribution in [2.45, 2.75) is 132 Å². The van der Waals surface area contributed by atoms with Crippen LogP contribution in [0.3, 0.4) is 0 Å². The van der Waals surface area contributed by atoms with Gasteiger partial charge in [0.2, 0.25) is 0 Å². The number of thioether (sulfide) groups is 2. The van der Waals surface area contributed by atoms with Gasteiger partial charge < -0.3 is 9.84 Å². The normalized spacial score (nSPS) is 13.7. The summed E-state index contributed by atoms with van der Waals surface area (Å²) in [7, 11) is -3.79. The zero-order valence-electron chi connectivity index (χ0n) is 28.7. The number of benzene rings is 2. The van der Waals surface area contributed by atoms with Crippen molar-refractivity contribution < 1.29 is 27.2 Å². The van der Waals surface area contributed by atoms with E-state index in [0.717, 1.165) is 38.3 Å². The van der Waals surface area contributed by atoms with Crippen LogP contribution < -0.4 is 4.74 Å². The van der Waals surface area contributed by atoms with Crippen molar-refractivity contribution in [1.82, 2.24) is 0 Å². The molecule has 0 spiro atoms. The summed E-state index contributed by atoms with van der Waals surface area (Å²) in [5.41, 5.74) is 2.37. The van der Waals surface area contributed by atoms with Crippen LogP contribution in [0.25, 0.3) is 0 Å². The van der Waals surface area contributed by atoms with Crippen LogP contribution in [0.2, 0.25) is 0 Å². The Bertz CT molecular complexity index is 1370. The fourth-order valence-corrected chi connectivity index (χ4v) is 7.48. The Kier molecular flexibility index (Phi) is 11.0. The number of aromatic hydroxyl groups is 1. The van der Waals surface area contributed by atoms with Gasteiger partial charge in [0.15, 0.2) is 6.61 Å². The topological polar surface area (TPSA) is 89.9 Å². The van der Waals surface area contributed by atoms with E-state index < -0.39 is 22.7 Å². The predicted molar refractivity (Wildman–Crippen MR) is 182 cm³/mol. The molecule has 0 aliphatic carbocycles. The first-order valence-electron chi connectivity index (χ1n) is 14.5. The average molecular weight is 653 g/mol. The van der Waals surface area contributed by atoms with Crippen molar-refractivity contribution in [2.24, 2.45) is 0 Å². The predicted octanol–water partition coefficient (Wildman–Crippen LogP) is 9.08. The van der Waals surface area contributed by atoms with Gasteiger partial charge in [0.1, 0.15) is 11.5 Å². The Hall–Kier alpha value is -1.68. The van der Waals surface area contributed by atoms with E-state index >= 15 is 0 Å². The molecule has 0 radical (unpaired) electrons. The fourth-order valence-electron chi connectivity index (χ4n) is 4.58. The van der Waals surface area contributed by atoms with E-state index in [9.17, 15) is 18.3 Å². The molecule has 0 amide bonds. The maximum atomic E-state index is 12.7. The fraction of sp³-hybridized carbons (Fsp3) is 0.618. The second-order valence-corrected chi connectivity index (χ2v) is 21.1. The molecule has 2 rings (SSSR count). The zero-order valence-corrected chi connectivity index (χ0v) is 31.2. The van der Waals surface area contributed by atoms with Gasteiger partial charge in [-0.05, 0) is 59.8 Å². The molecule has 0 saturated heterocycles. The Morgan fingerprint density at radius 3 is 1.30 bits per heavy atom. The lowest BCUT2D eigenvalue weighted by molar-refractivity contribution is -0.136. The molecule has 9 heteroatoms. The van der Waals surface area contributed by atoms with E-state index in [1.807, 2.05) is 0 Å². The molecule has 1 N–H and O–H groups in total. The van der Waals surface area contributed by atoms with Gasteiger partial charge in [-0.1, -0.05) is 83.1 Å². The summed E-state index contributed by atoms with van der Waals surface area (Å²) in [6, 6.07) is 8.36. The van der Waals surface area contributed by atoms with E-state index in [-0.39, 0.29) is 25.7 Å². The smallest absolute Gasteiger partial charge is 0.339 e. The monoisotopic (exact) mass is 652 g/mol. The van der Waals surface area contributed by atoms with Gasteiger partial charge in [0.25, 0.3) is 10.1 Å². The summed E-state index contributed by atoms with van der Waals surface area (Å²) >= 11 is 3.48. The summed E-state index contributed by atoms with van der Waals surface area (Å²) in [6.45, 7) is 28.8.